The van der Waals surface area contributed by atoms with Crippen LogP contribution in [-0.4, -0.2) is 22.2 Å². The zero-order valence-electron chi connectivity index (χ0n) is 14.7. The van der Waals surface area contributed by atoms with Crippen molar-refractivity contribution >= 4 is 23.2 Å². The molecule has 0 fully saturated rings. The van der Waals surface area contributed by atoms with Gasteiger partial charge in [-0.3, -0.25) is 4.79 Å². The molecule has 138 valence electrons. The second-order valence-electron chi connectivity index (χ2n) is 6.06. The van der Waals surface area contributed by atoms with Crippen molar-refractivity contribution in [1.82, 2.24) is 10.2 Å². The van der Waals surface area contributed by atoms with Crippen molar-refractivity contribution in [2.24, 2.45) is 0 Å². The highest BCUT2D eigenvalue weighted by Crippen LogP contribution is 2.24. The van der Waals surface area contributed by atoms with Gasteiger partial charge in [-0.25, -0.2) is 4.39 Å². The zero-order valence-corrected chi connectivity index (χ0v) is 15.5. The van der Waals surface area contributed by atoms with E-state index >= 15 is 0 Å². The first-order valence-corrected chi connectivity index (χ1v) is 8.68. The Balaban J connectivity index is 1.80. The summed E-state index contributed by atoms with van der Waals surface area (Å²) < 4.78 is 19.4. The van der Waals surface area contributed by atoms with Gasteiger partial charge in [0.1, 0.15) is 5.82 Å². The number of halogens is 2. The van der Waals surface area contributed by atoms with E-state index in [0.29, 0.717) is 17.3 Å². The van der Waals surface area contributed by atoms with Crippen molar-refractivity contribution in [1.29, 1.82) is 0 Å². The van der Waals surface area contributed by atoms with E-state index in [9.17, 15) is 9.18 Å². The van der Waals surface area contributed by atoms with E-state index in [1.165, 1.54) is 18.2 Å². The normalized spacial score (nSPS) is 10.7. The van der Waals surface area contributed by atoms with E-state index in [-0.39, 0.29) is 16.7 Å². The van der Waals surface area contributed by atoms with Crippen LogP contribution in [0.25, 0.3) is 11.3 Å². The molecule has 7 heteroatoms. The van der Waals surface area contributed by atoms with Gasteiger partial charge >= 0.3 is 0 Å². The van der Waals surface area contributed by atoms with Crippen molar-refractivity contribution < 1.29 is 13.9 Å². The molecule has 3 rings (SSSR count). The highest BCUT2D eigenvalue weighted by molar-refractivity contribution is 6.34. The second kappa shape index (κ2) is 8.14. The Bertz CT molecular complexity index is 941. The van der Waals surface area contributed by atoms with Crippen LogP contribution in [0.5, 0.6) is 5.88 Å². The van der Waals surface area contributed by atoms with Crippen molar-refractivity contribution in [3.63, 3.8) is 0 Å². The minimum Gasteiger partial charge on any atom is -0.474 e. The Hall–Kier alpha value is -2.99. The molecule has 0 unspecified atom stereocenters. The van der Waals surface area contributed by atoms with Crippen molar-refractivity contribution in [2.75, 3.05) is 5.32 Å². The Morgan fingerprint density at radius 3 is 2.56 bits per heavy atom. The number of carbonyl (C=O) groups excluding carboxylic acids is 1. The maximum absolute atomic E-state index is 13.9. The molecule has 0 spiro atoms. The molecule has 3 aromatic rings. The molecule has 0 aliphatic rings. The third-order valence-electron chi connectivity index (χ3n) is 3.60. The van der Waals surface area contributed by atoms with Crippen LogP contribution in [0.15, 0.2) is 54.6 Å². The van der Waals surface area contributed by atoms with Crippen molar-refractivity contribution in [3.05, 3.63) is 71.0 Å². The van der Waals surface area contributed by atoms with E-state index in [2.05, 4.69) is 15.5 Å². The summed E-state index contributed by atoms with van der Waals surface area (Å²) in [5, 5.41) is 10.9. The summed E-state index contributed by atoms with van der Waals surface area (Å²) in [7, 11) is 0. The highest BCUT2D eigenvalue weighted by Gasteiger charge is 2.16. The summed E-state index contributed by atoms with van der Waals surface area (Å²) in [6.45, 7) is 3.81. The van der Waals surface area contributed by atoms with Gasteiger partial charge in [-0.15, -0.1) is 10.2 Å². The lowest BCUT2D eigenvalue weighted by atomic mass is 10.1. The predicted molar refractivity (Wildman–Crippen MR) is 103 cm³/mol. The molecule has 2 aromatic carbocycles. The number of amides is 1. The number of hydrogen-bond donors (Lipinski definition) is 1. The largest absolute Gasteiger partial charge is 0.474 e. The molecule has 27 heavy (non-hydrogen) atoms. The molecule has 1 amide bonds. The van der Waals surface area contributed by atoms with Crippen LogP contribution >= 0.6 is 11.6 Å². The first-order valence-electron chi connectivity index (χ1n) is 8.30. The van der Waals surface area contributed by atoms with E-state index in [0.717, 1.165) is 5.56 Å². The van der Waals surface area contributed by atoms with Gasteiger partial charge in [0.2, 0.25) is 5.88 Å². The number of ether oxygens (including phenoxy) is 1. The lowest BCUT2D eigenvalue weighted by molar-refractivity contribution is 0.102. The topological polar surface area (TPSA) is 64.1 Å². The SMILES string of the molecule is CC(C)Oc1ccc(-c2cccc(NC(=O)c3c(F)cccc3Cl)c2)nn1. The van der Waals surface area contributed by atoms with E-state index in [1.54, 1.807) is 30.3 Å². The van der Waals surface area contributed by atoms with E-state index < -0.39 is 11.7 Å². The average molecular weight is 386 g/mol. The Kier molecular flexibility index (Phi) is 5.66. The monoisotopic (exact) mass is 385 g/mol. The summed E-state index contributed by atoms with van der Waals surface area (Å²) in [6, 6.07) is 14.6. The van der Waals surface area contributed by atoms with E-state index in [4.69, 9.17) is 16.3 Å². The fourth-order valence-electron chi connectivity index (χ4n) is 2.44. The smallest absolute Gasteiger partial charge is 0.260 e. The van der Waals surface area contributed by atoms with E-state index in [1.807, 2.05) is 19.9 Å². The molecule has 5 nitrogen and oxygen atoms in total. The minimum atomic E-state index is -0.678. The number of anilines is 1. The van der Waals surface area contributed by atoms with Gasteiger partial charge in [-0.2, -0.15) is 0 Å². The maximum Gasteiger partial charge on any atom is 0.260 e. The Labute approximate surface area is 161 Å². The number of nitrogens with zero attached hydrogens (tertiary/aromatic N) is 2. The Morgan fingerprint density at radius 1 is 1.11 bits per heavy atom. The predicted octanol–water partition coefficient (Wildman–Crippen LogP) is 4.98. The minimum absolute atomic E-state index is 0.00824. The summed E-state index contributed by atoms with van der Waals surface area (Å²) >= 11 is 5.94. The number of rotatable bonds is 5. The number of hydrogen-bond acceptors (Lipinski definition) is 4. The lowest BCUT2D eigenvalue weighted by Gasteiger charge is -2.10. The number of benzene rings is 2. The fourth-order valence-corrected chi connectivity index (χ4v) is 2.69. The third kappa shape index (κ3) is 4.60. The zero-order chi connectivity index (χ0) is 19.4. The standard InChI is InChI=1S/C20H17ClFN3O2/c1-12(2)27-18-10-9-17(24-25-18)13-5-3-6-14(11-13)23-20(26)19-15(21)7-4-8-16(19)22/h3-12H,1-2H3,(H,23,26). The molecular formula is C20H17ClFN3O2. The maximum atomic E-state index is 13.9. The average Bonchev–Trinajstić information content (AvgIpc) is 2.62. The third-order valence-corrected chi connectivity index (χ3v) is 3.92. The molecule has 0 aliphatic heterocycles. The van der Waals surface area contributed by atoms with Gasteiger partial charge in [0.05, 0.1) is 22.4 Å². The fraction of sp³-hybridized carbons (Fsp3) is 0.150. The first-order chi connectivity index (χ1) is 12.9. The van der Waals surface area contributed by atoms with Gasteiger partial charge < -0.3 is 10.1 Å². The molecule has 1 heterocycles. The van der Waals surface area contributed by atoms with Gasteiger partial charge in [-0.05, 0) is 44.2 Å². The first kappa shape index (κ1) is 18.8. The molecule has 0 aliphatic carbocycles. The molecule has 0 saturated carbocycles. The molecular weight excluding hydrogens is 369 g/mol. The van der Waals surface area contributed by atoms with Crippen LogP contribution in [-0.2, 0) is 0 Å². The number of aromatic nitrogens is 2. The lowest BCUT2D eigenvalue weighted by Crippen LogP contribution is -2.14. The number of carbonyl (C=O) groups is 1. The van der Waals surface area contributed by atoms with Gasteiger partial charge in [0.15, 0.2) is 0 Å². The van der Waals surface area contributed by atoms with Crippen LogP contribution in [0.2, 0.25) is 5.02 Å². The summed E-state index contributed by atoms with van der Waals surface area (Å²) in [6.07, 6.45) is 0.00824. The van der Waals surface area contributed by atoms with Gasteiger partial charge in [-0.1, -0.05) is 29.8 Å². The molecule has 1 aromatic heterocycles. The van der Waals surface area contributed by atoms with Gasteiger partial charge in [0, 0.05) is 17.3 Å². The van der Waals surface area contributed by atoms with Crippen molar-refractivity contribution in [2.45, 2.75) is 20.0 Å². The summed E-state index contributed by atoms with van der Waals surface area (Å²) in [5.41, 5.74) is 1.66. The van der Waals surface area contributed by atoms with Crippen LogP contribution in [0.1, 0.15) is 24.2 Å². The number of nitrogens with one attached hydrogen (secondary N) is 1. The highest BCUT2D eigenvalue weighted by atomic mass is 35.5. The van der Waals surface area contributed by atoms with Gasteiger partial charge in [0.25, 0.3) is 5.91 Å². The molecule has 1 N–H and O–H groups in total. The quantitative estimate of drug-likeness (QED) is 0.673. The molecule has 0 atom stereocenters. The summed E-state index contributed by atoms with van der Waals surface area (Å²) in [5.74, 6) is -0.864. The summed E-state index contributed by atoms with van der Waals surface area (Å²) in [4.78, 5) is 12.4. The Morgan fingerprint density at radius 2 is 1.89 bits per heavy atom. The van der Waals surface area contributed by atoms with Crippen LogP contribution in [0, 0.1) is 5.82 Å². The molecule has 0 saturated heterocycles. The van der Waals surface area contributed by atoms with Crippen LogP contribution in [0.4, 0.5) is 10.1 Å². The molecule has 0 radical (unpaired) electrons. The van der Waals surface area contributed by atoms with Crippen molar-refractivity contribution in [3.8, 4) is 17.1 Å². The second-order valence-corrected chi connectivity index (χ2v) is 6.46. The van der Waals surface area contributed by atoms with Crippen LogP contribution in [0.3, 0.4) is 0 Å². The van der Waals surface area contributed by atoms with Crippen LogP contribution < -0.4 is 10.1 Å². The molecule has 0 bridgehead atoms.